The third kappa shape index (κ3) is 3.98. The molecule has 1 saturated heterocycles. The normalized spacial score (nSPS) is 18.7. The minimum atomic E-state index is 0.486. The topological polar surface area (TPSA) is 38.5 Å². The minimum absolute atomic E-state index is 0.486. The third-order valence-corrected chi connectivity index (χ3v) is 4.85. The van der Waals surface area contributed by atoms with Gasteiger partial charge in [0.25, 0.3) is 0 Å². The highest BCUT2D eigenvalue weighted by Gasteiger charge is 2.27. The van der Waals surface area contributed by atoms with E-state index in [1.807, 2.05) is 6.92 Å². The van der Waals surface area contributed by atoms with Crippen molar-refractivity contribution in [2.75, 3.05) is 32.8 Å². The zero-order valence-electron chi connectivity index (χ0n) is 13.8. The average Bonchev–Trinajstić information content (AvgIpc) is 2.51. The number of ether oxygens (including phenoxy) is 1. The summed E-state index contributed by atoms with van der Waals surface area (Å²) in [4.78, 5) is 2.54. The van der Waals surface area contributed by atoms with Crippen LogP contribution in [0.1, 0.15) is 43.7 Å². The molecule has 1 aromatic rings. The van der Waals surface area contributed by atoms with Gasteiger partial charge in [-0.25, -0.2) is 0 Å². The van der Waals surface area contributed by atoms with Gasteiger partial charge in [0.15, 0.2) is 0 Å². The first-order chi connectivity index (χ1) is 10.2. The Hall–Kier alpha value is -1.06. The van der Waals surface area contributed by atoms with Gasteiger partial charge < -0.3 is 15.4 Å². The van der Waals surface area contributed by atoms with E-state index in [1.165, 1.54) is 43.6 Å². The van der Waals surface area contributed by atoms with Gasteiger partial charge in [-0.1, -0.05) is 13.0 Å². The van der Waals surface area contributed by atoms with Gasteiger partial charge in [0.2, 0.25) is 0 Å². The standard InChI is InChI=1S/C18H30N2O/c1-4-20-10-8-15(9-11-20)18(13-19)17-7-6-16(21-5-2)12-14(17)3/h6-7,12,15,18H,4-5,8-11,13,19H2,1-3H3. The predicted molar refractivity (Wildman–Crippen MR) is 89.0 cm³/mol. The first kappa shape index (κ1) is 16.3. The Morgan fingerprint density at radius 1 is 1.29 bits per heavy atom. The van der Waals surface area contributed by atoms with Crippen LogP contribution < -0.4 is 10.5 Å². The summed E-state index contributed by atoms with van der Waals surface area (Å²) in [6.07, 6.45) is 2.53. The Balaban J connectivity index is 2.10. The summed E-state index contributed by atoms with van der Waals surface area (Å²) in [5, 5.41) is 0. The smallest absolute Gasteiger partial charge is 0.119 e. The number of likely N-dealkylation sites (tertiary alicyclic amines) is 1. The van der Waals surface area contributed by atoms with E-state index in [4.69, 9.17) is 10.5 Å². The molecule has 1 aliphatic rings. The van der Waals surface area contributed by atoms with E-state index in [-0.39, 0.29) is 0 Å². The molecule has 0 aromatic heterocycles. The molecule has 0 aliphatic carbocycles. The predicted octanol–water partition coefficient (Wildman–Crippen LogP) is 3.17. The fourth-order valence-corrected chi connectivity index (χ4v) is 3.57. The molecule has 1 atom stereocenters. The molecule has 3 heteroatoms. The first-order valence-electron chi connectivity index (χ1n) is 8.35. The molecule has 1 aromatic carbocycles. The number of piperidine rings is 1. The van der Waals surface area contributed by atoms with Crippen LogP contribution >= 0.6 is 0 Å². The van der Waals surface area contributed by atoms with Crippen LogP contribution in [0.5, 0.6) is 5.75 Å². The second-order valence-corrected chi connectivity index (χ2v) is 6.07. The van der Waals surface area contributed by atoms with E-state index >= 15 is 0 Å². The summed E-state index contributed by atoms with van der Waals surface area (Å²) in [5.74, 6) is 2.17. The van der Waals surface area contributed by atoms with Crippen molar-refractivity contribution in [3.8, 4) is 5.75 Å². The number of rotatable bonds is 6. The molecule has 0 bridgehead atoms. The first-order valence-corrected chi connectivity index (χ1v) is 8.35. The molecule has 1 heterocycles. The molecular weight excluding hydrogens is 260 g/mol. The Bertz CT molecular complexity index is 439. The lowest BCUT2D eigenvalue weighted by Gasteiger charge is -2.36. The Kier molecular flexibility index (Phi) is 6.07. The lowest BCUT2D eigenvalue weighted by Crippen LogP contribution is -2.37. The summed E-state index contributed by atoms with van der Waals surface area (Å²) in [6.45, 7) is 11.5. The maximum Gasteiger partial charge on any atom is 0.119 e. The number of benzene rings is 1. The summed E-state index contributed by atoms with van der Waals surface area (Å²) in [5.41, 5.74) is 8.85. The molecule has 118 valence electrons. The summed E-state index contributed by atoms with van der Waals surface area (Å²) in [7, 11) is 0. The maximum absolute atomic E-state index is 6.12. The zero-order valence-corrected chi connectivity index (χ0v) is 13.8. The van der Waals surface area contributed by atoms with Crippen LogP contribution in [0.2, 0.25) is 0 Å². The monoisotopic (exact) mass is 290 g/mol. The van der Waals surface area contributed by atoms with Crippen molar-refractivity contribution >= 4 is 0 Å². The van der Waals surface area contributed by atoms with Gasteiger partial charge in [-0.2, -0.15) is 0 Å². The SMILES string of the molecule is CCOc1ccc(C(CN)C2CCN(CC)CC2)c(C)c1. The van der Waals surface area contributed by atoms with Gasteiger partial charge >= 0.3 is 0 Å². The highest BCUT2D eigenvalue weighted by Crippen LogP contribution is 2.34. The average molecular weight is 290 g/mol. The van der Waals surface area contributed by atoms with E-state index in [0.717, 1.165) is 18.2 Å². The van der Waals surface area contributed by atoms with Crippen molar-refractivity contribution in [3.63, 3.8) is 0 Å². The van der Waals surface area contributed by atoms with Gasteiger partial charge in [-0.05, 0) is 88.0 Å². The van der Waals surface area contributed by atoms with Crippen molar-refractivity contribution in [2.24, 2.45) is 11.7 Å². The number of nitrogens with two attached hydrogens (primary N) is 1. The van der Waals surface area contributed by atoms with Crippen LogP contribution in [0, 0.1) is 12.8 Å². The minimum Gasteiger partial charge on any atom is -0.494 e. The zero-order chi connectivity index (χ0) is 15.2. The van der Waals surface area contributed by atoms with Gasteiger partial charge in [-0.3, -0.25) is 0 Å². The number of hydrogen-bond donors (Lipinski definition) is 1. The Labute approximate surface area is 129 Å². The van der Waals surface area contributed by atoms with Crippen LogP contribution in [0.3, 0.4) is 0 Å². The van der Waals surface area contributed by atoms with E-state index in [9.17, 15) is 0 Å². The molecule has 0 radical (unpaired) electrons. The Morgan fingerprint density at radius 3 is 2.52 bits per heavy atom. The molecule has 2 rings (SSSR count). The molecule has 1 fully saturated rings. The van der Waals surface area contributed by atoms with Crippen LogP contribution in [-0.4, -0.2) is 37.7 Å². The number of aryl methyl sites for hydroxylation is 1. The highest BCUT2D eigenvalue weighted by molar-refractivity contribution is 5.37. The fourth-order valence-electron chi connectivity index (χ4n) is 3.57. The highest BCUT2D eigenvalue weighted by atomic mass is 16.5. The Morgan fingerprint density at radius 2 is 2.00 bits per heavy atom. The summed E-state index contributed by atoms with van der Waals surface area (Å²) < 4.78 is 5.59. The van der Waals surface area contributed by atoms with Crippen LogP contribution in [0.4, 0.5) is 0 Å². The van der Waals surface area contributed by atoms with Gasteiger partial charge in [0.1, 0.15) is 5.75 Å². The molecule has 0 spiro atoms. The van der Waals surface area contributed by atoms with Gasteiger partial charge in [0.05, 0.1) is 6.61 Å². The van der Waals surface area contributed by atoms with E-state index in [2.05, 4.69) is 36.9 Å². The largest absolute Gasteiger partial charge is 0.494 e. The lowest BCUT2D eigenvalue weighted by molar-refractivity contribution is 0.176. The van der Waals surface area contributed by atoms with Gasteiger partial charge in [0, 0.05) is 0 Å². The molecule has 2 N–H and O–H groups in total. The van der Waals surface area contributed by atoms with Crippen LogP contribution in [0.25, 0.3) is 0 Å². The lowest BCUT2D eigenvalue weighted by atomic mass is 9.78. The third-order valence-electron chi connectivity index (χ3n) is 4.85. The van der Waals surface area contributed by atoms with E-state index in [1.54, 1.807) is 0 Å². The van der Waals surface area contributed by atoms with Crippen molar-refractivity contribution in [1.29, 1.82) is 0 Å². The van der Waals surface area contributed by atoms with Crippen molar-refractivity contribution in [3.05, 3.63) is 29.3 Å². The molecule has 0 amide bonds. The fraction of sp³-hybridized carbons (Fsp3) is 0.667. The summed E-state index contributed by atoms with van der Waals surface area (Å²) in [6, 6.07) is 6.47. The van der Waals surface area contributed by atoms with E-state index < -0.39 is 0 Å². The van der Waals surface area contributed by atoms with Crippen molar-refractivity contribution in [2.45, 2.75) is 39.5 Å². The van der Waals surface area contributed by atoms with Crippen LogP contribution in [0.15, 0.2) is 18.2 Å². The molecule has 0 saturated carbocycles. The molecule has 1 aliphatic heterocycles. The van der Waals surface area contributed by atoms with Crippen LogP contribution in [-0.2, 0) is 0 Å². The van der Waals surface area contributed by atoms with E-state index in [0.29, 0.717) is 12.5 Å². The molecule has 21 heavy (non-hydrogen) atoms. The van der Waals surface area contributed by atoms with Gasteiger partial charge in [-0.15, -0.1) is 0 Å². The molecule has 3 nitrogen and oxygen atoms in total. The molecule has 1 unspecified atom stereocenters. The van der Waals surface area contributed by atoms with Crippen molar-refractivity contribution < 1.29 is 4.74 Å². The molecular formula is C18H30N2O. The number of nitrogens with zero attached hydrogens (tertiary/aromatic N) is 1. The second kappa shape index (κ2) is 7.81. The van der Waals surface area contributed by atoms with Crippen molar-refractivity contribution in [1.82, 2.24) is 4.90 Å². The second-order valence-electron chi connectivity index (χ2n) is 6.07. The number of hydrogen-bond acceptors (Lipinski definition) is 3. The maximum atomic E-state index is 6.12. The quantitative estimate of drug-likeness (QED) is 0.874. The summed E-state index contributed by atoms with van der Waals surface area (Å²) >= 11 is 0.